The SMILES string of the molecule is CN(C)c1ccc(C(=O)C=CO)cc1. The highest BCUT2D eigenvalue weighted by Crippen LogP contribution is 2.12. The predicted octanol–water partition coefficient (Wildman–Crippen LogP) is 2.01. The van der Waals surface area contributed by atoms with Gasteiger partial charge in [-0.05, 0) is 24.3 Å². The summed E-state index contributed by atoms with van der Waals surface area (Å²) in [5.74, 6) is -0.196. The predicted molar refractivity (Wildman–Crippen MR) is 56.9 cm³/mol. The van der Waals surface area contributed by atoms with Gasteiger partial charge in [-0.25, -0.2) is 0 Å². The van der Waals surface area contributed by atoms with Crippen LogP contribution in [-0.4, -0.2) is 25.0 Å². The fourth-order valence-electron chi connectivity index (χ4n) is 1.09. The molecule has 14 heavy (non-hydrogen) atoms. The quantitative estimate of drug-likeness (QED) is 0.451. The molecule has 3 heteroatoms. The van der Waals surface area contributed by atoms with E-state index in [1.807, 2.05) is 31.1 Å². The van der Waals surface area contributed by atoms with E-state index in [2.05, 4.69) is 0 Å². The maximum atomic E-state index is 11.3. The van der Waals surface area contributed by atoms with E-state index >= 15 is 0 Å². The van der Waals surface area contributed by atoms with Gasteiger partial charge in [0.25, 0.3) is 0 Å². The highest BCUT2D eigenvalue weighted by atomic mass is 16.2. The summed E-state index contributed by atoms with van der Waals surface area (Å²) in [5.41, 5.74) is 1.61. The Morgan fingerprint density at radius 1 is 1.29 bits per heavy atom. The number of carbonyl (C=O) groups excluding carboxylic acids is 1. The lowest BCUT2D eigenvalue weighted by molar-refractivity contribution is 0.104. The Morgan fingerprint density at radius 3 is 2.29 bits per heavy atom. The van der Waals surface area contributed by atoms with E-state index in [9.17, 15) is 4.79 Å². The number of benzene rings is 1. The Morgan fingerprint density at radius 2 is 1.86 bits per heavy atom. The van der Waals surface area contributed by atoms with Crippen molar-refractivity contribution in [1.82, 2.24) is 0 Å². The number of aliphatic hydroxyl groups is 1. The molecule has 0 heterocycles. The molecule has 0 spiro atoms. The molecule has 0 bridgehead atoms. The van der Waals surface area contributed by atoms with Gasteiger partial charge in [-0.3, -0.25) is 4.79 Å². The van der Waals surface area contributed by atoms with Gasteiger partial charge < -0.3 is 10.0 Å². The molecule has 1 N–H and O–H groups in total. The Kier molecular flexibility index (Phi) is 3.29. The third-order valence-corrected chi connectivity index (χ3v) is 1.89. The third-order valence-electron chi connectivity index (χ3n) is 1.89. The van der Waals surface area contributed by atoms with E-state index < -0.39 is 0 Å². The summed E-state index contributed by atoms with van der Waals surface area (Å²) in [7, 11) is 3.87. The van der Waals surface area contributed by atoms with Crippen LogP contribution in [0.4, 0.5) is 5.69 Å². The molecule has 0 fully saturated rings. The summed E-state index contributed by atoms with van der Waals surface area (Å²) in [6.45, 7) is 0. The summed E-state index contributed by atoms with van der Waals surface area (Å²) in [5, 5.41) is 8.43. The van der Waals surface area contributed by atoms with Gasteiger partial charge in [-0.2, -0.15) is 0 Å². The van der Waals surface area contributed by atoms with Crippen LogP contribution in [0.2, 0.25) is 0 Å². The number of rotatable bonds is 3. The molecule has 0 atom stereocenters. The summed E-state index contributed by atoms with van der Waals surface area (Å²) < 4.78 is 0. The van der Waals surface area contributed by atoms with Gasteiger partial charge in [0.05, 0.1) is 6.26 Å². The summed E-state index contributed by atoms with van der Waals surface area (Å²) in [4.78, 5) is 13.2. The van der Waals surface area contributed by atoms with Gasteiger partial charge in [-0.15, -0.1) is 0 Å². The monoisotopic (exact) mass is 191 g/mol. The molecule has 0 radical (unpaired) electrons. The average Bonchev–Trinajstić information content (AvgIpc) is 2.18. The lowest BCUT2D eigenvalue weighted by Gasteiger charge is -2.11. The van der Waals surface area contributed by atoms with E-state index in [-0.39, 0.29) is 5.78 Å². The third kappa shape index (κ3) is 2.36. The number of ketones is 1. The highest BCUT2D eigenvalue weighted by Gasteiger charge is 2.01. The Balaban J connectivity index is 2.88. The number of anilines is 1. The summed E-state index contributed by atoms with van der Waals surface area (Å²) in [6, 6.07) is 7.19. The first-order valence-electron chi connectivity index (χ1n) is 4.27. The zero-order valence-corrected chi connectivity index (χ0v) is 8.27. The maximum Gasteiger partial charge on any atom is 0.188 e. The molecule has 1 aromatic rings. The van der Waals surface area contributed by atoms with Crippen molar-refractivity contribution in [3.05, 3.63) is 42.2 Å². The van der Waals surface area contributed by atoms with E-state index in [1.54, 1.807) is 12.1 Å². The molecule has 1 rings (SSSR count). The molecule has 0 aromatic heterocycles. The molecule has 0 saturated heterocycles. The van der Waals surface area contributed by atoms with Crippen molar-refractivity contribution in [3.8, 4) is 0 Å². The fraction of sp³-hybridized carbons (Fsp3) is 0.182. The van der Waals surface area contributed by atoms with Gasteiger partial charge in [0.2, 0.25) is 0 Å². The molecule has 1 aromatic carbocycles. The number of carbonyl (C=O) groups is 1. The second kappa shape index (κ2) is 4.46. The van der Waals surface area contributed by atoms with Crippen LogP contribution in [0.15, 0.2) is 36.6 Å². The van der Waals surface area contributed by atoms with Crippen LogP contribution in [0, 0.1) is 0 Å². The Hall–Kier alpha value is -1.77. The molecule has 0 aliphatic carbocycles. The minimum absolute atomic E-state index is 0.196. The largest absolute Gasteiger partial charge is 0.515 e. The Labute approximate surface area is 83.3 Å². The van der Waals surface area contributed by atoms with Crippen molar-refractivity contribution < 1.29 is 9.90 Å². The number of allylic oxidation sites excluding steroid dienone is 1. The van der Waals surface area contributed by atoms with Crippen LogP contribution in [0.1, 0.15) is 10.4 Å². The minimum Gasteiger partial charge on any atom is -0.515 e. The van der Waals surface area contributed by atoms with Gasteiger partial charge >= 0.3 is 0 Å². The van der Waals surface area contributed by atoms with Crippen LogP contribution in [-0.2, 0) is 0 Å². The average molecular weight is 191 g/mol. The first kappa shape index (κ1) is 10.3. The van der Waals surface area contributed by atoms with Crippen molar-refractivity contribution in [2.75, 3.05) is 19.0 Å². The zero-order valence-electron chi connectivity index (χ0n) is 8.27. The highest BCUT2D eigenvalue weighted by molar-refractivity contribution is 6.04. The van der Waals surface area contributed by atoms with Crippen molar-refractivity contribution in [2.24, 2.45) is 0 Å². The molecule has 0 saturated carbocycles. The zero-order chi connectivity index (χ0) is 10.6. The van der Waals surface area contributed by atoms with E-state index in [1.165, 1.54) is 0 Å². The van der Waals surface area contributed by atoms with E-state index in [0.29, 0.717) is 5.56 Å². The molecular formula is C11H13NO2. The van der Waals surface area contributed by atoms with Gasteiger partial charge in [0.1, 0.15) is 0 Å². The van der Waals surface area contributed by atoms with Gasteiger partial charge in [0.15, 0.2) is 5.78 Å². The second-order valence-electron chi connectivity index (χ2n) is 3.12. The van der Waals surface area contributed by atoms with Crippen LogP contribution >= 0.6 is 0 Å². The molecule has 0 aliphatic heterocycles. The maximum absolute atomic E-state index is 11.3. The number of hydrogen-bond acceptors (Lipinski definition) is 3. The molecule has 0 amide bonds. The number of nitrogens with zero attached hydrogens (tertiary/aromatic N) is 1. The number of aliphatic hydroxyl groups excluding tert-OH is 1. The lowest BCUT2D eigenvalue weighted by Crippen LogP contribution is -2.08. The van der Waals surface area contributed by atoms with Crippen LogP contribution in [0.25, 0.3) is 0 Å². The molecule has 3 nitrogen and oxygen atoms in total. The minimum atomic E-state index is -0.196. The molecule has 0 aliphatic rings. The smallest absolute Gasteiger partial charge is 0.188 e. The van der Waals surface area contributed by atoms with Gasteiger partial charge in [0, 0.05) is 31.4 Å². The molecular weight excluding hydrogens is 178 g/mol. The van der Waals surface area contributed by atoms with E-state index in [4.69, 9.17) is 5.11 Å². The van der Waals surface area contributed by atoms with Crippen LogP contribution in [0.5, 0.6) is 0 Å². The topological polar surface area (TPSA) is 40.5 Å². The summed E-state index contributed by atoms with van der Waals surface area (Å²) >= 11 is 0. The van der Waals surface area contributed by atoms with Crippen molar-refractivity contribution in [2.45, 2.75) is 0 Å². The van der Waals surface area contributed by atoms with Crippen LogP contribution < -0.4 is 4.90 Å². The first-order chi connectivity index (χ1) is 6.65. The van der Waals surface area contributed by atoms with Crippen LogP contribution in [0.3, 0.4) is 0 Å². The van der Waals surface area contributed by atoms with Crippen molar-refractivity contribution in [3.63, 3.8) is 0 Å². The van der Waals surface area contributed by atoms with Crippen molar-refractivity contribution >= 4 is 11.5 Å². The second-order valence-corrected chi connectivity index (χ2v) is 3.12. The van der Waals surface area contributed by atoms with Crippen molar-refractivity contribution in [1.29, 1.82) is 0 Å². The van der Waals surface area contributed by atoms with E-state index in [0.717, 1.165) is 18.0 Å². The fourth-order valence-corrected chi connectivity index (χ4v) is 1.09. The van der Waals surface area contributed by atoms with Gasteiger partial charge in [-0.1, -0.05) is 0 Å². The number of hydrogen-bond donors (Lipinski definition) is 1. The summed E-state index contributed by atoms with van der Waals surface area (Å²) in [6.07, 6.45) is 1.88. The molecule has 74 valence electrons. The lowest BCUT2D eigenvalue weighted by atomic mass is 10.1. The molecule has 0 unspecified atom stereocenters. The Bertz CT molecular complexity index is 339. The normalized spacial score (nSPS) is 10.4. The standard InChI is InChI=1S/C11H13NO2/c1-12(2)10-5-3-9(4-6-10)11(14)7-8-13/h3-8,13H,1-2H3. The first-order valence-corrected chi connectivity index (χ1v) is 4.27.